The van der Waals surface area contributed by atoms with Crippen molar-refractivity contribution in [3.05, 3.63) is 59.1 Å². The van der Waals surface area contributed by atoms with Crippen LogP contribution in [0.1, 0.15) is 26.3 Å². The Hall–Kier alpha value is -2.79. The van der Waals surface area contributed by atoms with Gasteiger partial charge in [0.15, 0.2) is 0 Å². The van der Waals surface area contributed by atoms with Crippen molar-refractivity contribution in [1.82, 2.24) is 0 Å². The molecule has 0 radical (unpaired) electrons. The minimum absolute atomic E-state index is 0.0212. The highest BCUT2D eigenvalue weighted by atomic mass is 35.5. The van der Waals surface area contributed by atoms with Gasteiger partial charge >= 0.3 is 0 Å². The molecule has 0 spiro atoms. The van der Waals surface area contributed by atoms with Crippen LogP contribution >= 0.6 is 11.6 Å². The molecular weight excluding hydrogens is 352 g/mol. The molecule has 0 bridgehead atoms. The van der Waals surface area contributed by atoms with Crippen molar-refractivity contribution in [2.45, 2.75) is 26.9 Å². The minimum Gasteiger partial charge on any atom is -0.489 e. The maximum absolute atomic E-state index is 12.0. The number of halogens is 1. The monoisotopic (exact) mass is 372 g/mol. The van der Waals surface area contributed by atoms with E-state index < -0.39 is 0 Å². The maximum Gasteiger partial charge on any atom is 0.248 e. The standard InChI is InChI=1S/C20H21ClN2O3/c1-13(2)26-19-10-9-17(12-18(19)21)23-20(25)11-6-15-4-7-16(8-5-15)22-14(3)24/h4-13H,1-3H3,(H,22,24)(H,23,25)/b11-6+. The summed E-state index contributed by atoms with van der Waals surface area (Å²) < 4.78 is 5.56. The van der Waals surface area contributed by atoms with Crippen LogP contribution in [0, 0.1) is 0 Å². The normalized spacial score (nSPS) is 10.8. The number of rotatable bonds is 6. The number of nitrogens with one attached hydrogen (secondary N) is 2. The number of benzene rings is 2. The average Bonchev–Trinajstić information content (AvgIpc) is 2.56. The summed E-state index contributed by atoms with van der Waals surface area (Å²) in [7, 11) is 0. The van der Waals surface area contributed by atoms with Crippen molar-refractivity contribution < 1.29 is 14.3 Å². The van der Waals surface area contributed by atoms with E-state index in [1.165, 1.54) is 13.0 Å². The van der Waals surface area contributed by atoms with Crippen LogP contribution in [0.3, 0.4) is 0 Å². The summed E-state index contributed by atoms with van der Waals surface area (Å²) in [6.07, 6.45) is 3.14. The quantitative estimate of drug-likeness (QED) is 0.720. The van der Waals surface area contributed by atoms with E-state index in [2.05, 4.69) is 10.6 Å². The fraction of sp³-hybridized carbons (Fsp3) is 0.200. The van der Waals surface area contributed by atoms with Crippen molar-refractivity contribution in [2.75, 3.05) is 10.6 Å². The number of hydrogen-bond acceptors (Lipinski definition) is 3. The summed E-state index contributed by atoms with van der Waals surface area (Å²) in [5, 5.41) is 5.87. The summed E-state index contributed by atoms with van der Waals surface area (Å²) in [6, 6.07) is 12.3. The molecule has 0 aromatic heterocycles. The second-order valence-corrected chi connectivity index (χ2v) is 6.34. The van der Waals surface area contributed by atoms with Crippen molar-refractivity contribution in [3.8, 4) is 5.75 Å². The van der Waals surface area contributed by atoms with Crippen LogP contribution in [-0.2, 0) is 9.59 Å². The van der Waals surface area contributed by atoms with Gasteiger partial charge in [0.05, 0.1) is 11.1 Å². The molecule has 0 saturated heterocycles. The third-order valence-electron chi connectivity index (χ3n) is 3.22. The van der Waals surface area contributed by atoms with E-state index >= 15 is 0 Å². The Labute approximate surface area is 158 Å². The molecule has 5 nitrogen and oxygen atoms in total. The van der Waals surface area contributed by atoms with Crippen molar-refractivity contribution in [2.24, 2.45) is 0 Å². The smallest absolute Gasteiger partial charge is 0.248 e. The Bertz CT molecular complexity index is 814. The highest BCUT2D eigenvalue weighted by Crippen LogP contribution is 2.28. The van der Waals surface area contributed by atoms with Gasteiger partial charge in [0, 0.05) is 24.4 Å². The first-order valence-electron chi connectivity index (χ1n) is 8.16. The molecule has 26 heavy (non-hydrogen) atoms. The zero-order valence-corrected chi connectivity index (χ0v) is 15.6. The van der Waals surface area contributed by atoms with E-state index in [9.17, 15) is 9.59 Å². The topological polar surface area (TPSA) is 67.4 Å². The molecule has 0 aliphatic heterocycles. The van der Waals surface area contributed by atoms with Crippen LogP contribution in [0.4, 0.5) is 11.4 Å². The Balaban J connectivity index is 1.96. The predicted octanol–water partition coefficient (Wildman–Crippen LogP) is 4.74. The summed E-state index contributed by atoms with van der Waals surface area (Å²) in [5.41, 5.74) is 2.13. The number of amides is 2. The first-order valence-corrected chi connectivity index (χ1v) is 8.54. The Morgan fingerprint density at radius 3 is 2.27 bits per heavy atom. The van der Waals surface area contributed by atoms with Gasteiger partial charge < -0.3 is 15.4 Å². The number of ether oxygens (including phenoxy) is 1. The van der Waals surface area contributed by atoms with Gasteiger partial charge in [-0.1, -0.05) is 23.7 Å². The molecule has 0 aliphatic rings. The highest BCUT2D eigenvalue weighted by molar-refractivity contribution is 6.32. The Kier molecular flexibility index (Phi) is 6.81. The number of anilines is 2. The van der Waals surface area contributed by atoms with Crippen LogP contribution in [0.15, 0.2) is 48.5 Å². The Morgan fingerprint density at radius 1 is 1.04 bits per heavy atom. The fourth-order valence-corrected chi connectivity index (χ4v) is 2.39. The number of carbonyl (C=O) groups is 2. The SMILES string of the molecule is CC(=O)Nc1ccc(/C=C/C(=O)Nc2ccc(OC(C)C)c(Cl)c2)cc1. The van der Waals surface area contributed by atoms with E-state index in [4.69, 9.17) is 16.3 Å². The lowest BCUT2D eigenvalue weighted by Crippen LogP contribution is -2.09. The summed E-state index contributed by atoms with van der Waals surface area (Å²) in [5.74, 6) is 0.176. The van der Waals surface area contributed by atoms with Crippen LogP contribution in [0.2, 0.25) is 5.02 Å². The van der Waals surface area contributed by atoms with E-state index in [0.29, 0.717) is 22.1 Å². The molecule has 0 saturated carbocycles. The molecule has 0 fully saturated rings. The lowest BCUT2D eigenvalue weighted by atomic mass is 10.2. The first-order chi connectivity index (χ1) is 12.3. The number of carbonyl (C=O) groups excluding carboxylic acids is 2. The van der Waals surface area contributed by atoms with Gasteiger partial charge in [0.2, 0.25) is 11.8 Å². The number of hydrogen-bond donors (Lipinski definition) is 2. The summed E-state index contributed by atoms with van der Waals surface area (Å²) >= 11 is 6.16. The molecule has 2 amide bonds. The van der Waals surface area contributed by atoms with Gasteiger partial charge in [0.1, 0.15) is 5.75 Å². The van der Waals surface area contributed by atoms with Gasteiger partial charge in [-0.05, 0) is 55.8 Å². The molecule has 0 aliphatic carbocycles. The van der Waals surface area contributed by atoms with E-state index in [1.54, 1.807) is 36.4 Å². The lowest BCUT2D eigenvalue weighted by Gasteiger charge is -2.12. The largest absolute Gasteiger partial charge is 0.489 e. The zero-order valence-electron chi connectivity index (χ0n) is 14.9. The molecule has 0 atom stereocenters. The molecule has 2 aromatic rings. The molecule has 0 heterocycles. The van der Waals surface area contributed by atoms with E-state index in [0.717, 1.165) is 5.56 Å². The van der Waals surface area contributed by atoms with E-state index in [-0.39, 0.29) is 17.9 Å². The average molecular weight is 373 g/mol. The lowest BCUT2D eigenvalue weighted by molar-refractivity contribution is -0.114. The van der Waals surface area contributed by atoms with Crippen molar-refractivity contribution in [3.63, 3.8) is 0 Å². The second-order valence-electron chi connectivity index (χ2n) is 5.94. The molecule has 2 aromatic carbocycles. The molecule has 2 rings (SSSR count). The minimum atomic E-state index is -0.274. The zero-order chi connectivity index (χ0) is 19.1. The predicted molar refractivity (Wildman–Crippen MR) is 106 cm³/mol. The molecule has 6 heteroatoms. The first kappa shape index (κ1) is 19.5. The molecular formula is C20H21ClN2O3. The highest BCUT2D eigenvalue weighted by Gasteiger charge is 2.06. The van der Waals surface area contributed by atoms with Crippen LogP contribution in [0.5, 0.6) is 5.75 Å². The van der Waals surface area contributed by atoms with Crippen LogP contribution in [-0.4, -0.2) is 17.9 Å². The second kappa shape index (κ2) is 9.06. The summed E-state index contributed by atoms with van der Waals surface area (Å²) in [4.78, 5) is 23.0. The van der Waals surface area contributed by atoms with Crippen molar-refractivity contribution >= 4 is 40.9 Å². The third-order valence-corrected chi connectivity index (χ3v) is 3.52. The van der Waals surface area contributed by atoms with Gasteiger partial charge in [0.25, 0.3) is 0 Å². The van der Waals surface area contributed by atoms with Crippen LogP contribution < -0.4 is 15.4 Å². The fourth-order valence-electron chi connectivity index (χ4n) is 2.16. The van der Waals surface area contributed by atoms with E-state index in [1.807, 2.05) is 26.0 Å². The molecule has 136 valence electrons. The molecule has 0 unspecified atom stereocenters. The van der Waals surface area contributed by atoms with Gasteiger partial charge in [-0.2, -0.15) is 0 Å². The van der Waals surface area contributed by atoms with Gasteiger partial charge in [-0.25, -0.2) is 0 Å². The van der Waals surface area contributed by atoms with Gasteiger partial charge in [-0.15, -0.1) is 0 Å². The molecule has 2 N–H and O–H groups in total. The third kappa shape index (κ3) is 6.26. The van der Waals surface area contributed by atoms with Crippen LogP contribution in [0.25, 0.3) is 6.08 Å². The van der Waals surface area contributed by atoms with Crippen molar-refractivity contribution in [1.29, 1.82) is 0 Å². The Morgan fingerprint density at radius 2 is 1.69 bits per heavy atom. The van der Waals surface area contributed by atoms with Gasteiger partial charge in [-0.3, -0.25) is 9.59 Å². The summed E-state index contributed by atoms with van der Waals surface area (Å²) in [6.45, 7) is 5.28. The maximum atomic E-state index is 12.0.